The van der Waals surface area contributed by atoms with Crippen molar-refractivity contribution in [3.63, 3.8) is 0 Å². The molecule has 0 aliphatic carbocycles. The zero-order chi connectivity index (χ0) is 22.8. The smallest absolute Gasteiger partial charge is 0.308 e. The molecule has 3 nitrogen and oxygen atoms in total. The first kappa shape index (κ1) is 23.9. The van der Waals surface area contributed by atoms with Crippen LogP contribution in [-0.4, -0.2) is 13.2 Å². The summed E-state index contributed by atoms with van der Waals surface area (Å²) in [6.45, 7) is 5.34. The Labute approximate surface area is 182 Å². The SMILES string of the molecule is CCOP(=O)(OCC)C(Cc1cccc(C(F)(F)F)c1F)c1sc2ccccc2c1C. The highest BCUT2D eigenvalue weighted by atomic mass is 32.1. The lowest BCUT2D eigenvalue weighted by molar-refractivity contribution is -0.140. The molecule has 2 aromatic carbocycles. The summed E-state index contributed by atoms with van der Waals surface area (Å²) in [4.78, 5) is 0.656. The summed E-state index contributed by atoms with van der Waals surface area (Å²) in [7, 11) is -3.81. The molecule has 9 heteroatoms. The van der Waals surface area contributed by atoms with Gasteiger partial charge in [-0.2, -0.15) is 13.2 Å². The van der Waals surface area contributed by atoms with E-state index in [1.807, 2.05) is 31.2 Å². The molecule has 31 heavy (non-hydrogen) atoms. The van der Waals surface area contributed by atoms with E-state index in [1.165, 1.54) is 17.4 Å². The average Bonchev–Trinajstić information content (AvgIpc) is 3.03. The summed E-state index contributed by atoms with van der Waals surface area (Å²) in [5, 5.41) is 0.941. The van der Waals surface area contributed by atoms with Crippen LogP contribution >= 0.6 is 18.9 Å². The van der Waals surface area contributed by atoms with E-state index < -0.39 is 30.8 Å². The molecule has 0 amide bonds. The molecule has 0 aliphatic rings. The Morgan fingerprint density at radius 1 is 1.03 bits per heavy atom. The molecule has 1 aromatic heterocycles. The standard InChI is InChI=1S/C22H23F4O3PS/c1-4-28-30(27,29-5-2)18(21-14(3)16-10-6-7-12-19(16)31-21)13-15-9-8-11-17(20(15)23)22(24,25)26/h6-12,18H,4-5,13H2,1-3H3. The molecular weight excluding hydrogens is 451 g/mol. The minimum absolute atomic E-state index is 0.0861. The maximum atomic E-state index is 14.8. The number of rotatable bonds is 8. The second kappa shape index (κ2) is 9.41. The number of hydrogen-bond acceptors (Lipinski definition) is 4. The van der Waals surface area contributed by atoms with Gasteiger partial charge in [-0.1, -0.05) is 30.3 Å². The van der Waals surface area contributed by atoms with Gasteiger partial charge in [-0.15, -0.1) is 11.3 Å². The maximum absolute atomic E-state index is 14.8. The van der Waals surface area contributed by atoms with Gasteiger partial charge in [-0.05, 0) is 55.8 Å². The predicted molar refractivity (Wildman–Crippen MR) is 115 cm³/mol. The Kier molecular flexibility index (Phi) is 7.26. The second-order valence-corrected chi connectivity index (χ2v) is 10.3. The summed E-state index contributed by atoms with van der Waals surface area (Å²) >= 11 is 1.37. The number of halogens is 4. The largest absolute Gasteiger partial charge is 0.419 e. The number of aryl methyl sites for hydroxylation is 1. The Morgan fingerprint density at radius 2 is 1.68 bits per heavy atom. The molecule has 168 valence electrons. The van der Waals surface area contributed by atoms with Crippen LogP contribution in [0.5, 0.6) is 0 Å². The van der Waals surface area contributed by atoms with Gasteiger partial charge in [-0.3, -0.25) is 4.57 Å². The summed E-state index contributed by atoms with van der Waals surface area (Å²) in [6.07, 6.45) is -5.08. The Bertz CT molecular complexity index is 1100. The number of alkyl halides is 3. The molecule has 1 heterocycles. The van der Waals surface area contributed by atoms with E-state index in [1.54, 1.807) is 13.8 Å². The van der Waals surface area contributed by atoms with Crippen LogP contribution in [0.2, 0.25) is 0 Å². The zero-order valence-electron chi connectivity index (χ0n) is 17.3. The van der Waals surface area contributed by atoms with Crippen molar-refractivity contribution in [2.24, 2.45) is 0 Å². The topological polar surface area (TPSA) is 35.5 Å². The molecule has 1 unspecified atom stereocenters. The van der Waals surface area contributed by atoms with Crippen molar-refractivity contribution >= 4 is 29.0 Å². The number of benzene rings is 2. The quantitative estimate of drug-likeness (QED) is 0.246. The fourth-order valence-corrected chi connectivity index (χ4v) is 7.40. The average molecular weight is 474 g/mol. The third-order valence-corrected chi connectivity index (χ3v) is 8.98. The summed E-state index contributed by atoms with van der Waals surface area (Å²) < 4.78 is 80.3. The zero-order valence-corrected chi connectivity index (χ0v) is 19.0. The predicted octanol–water partition coefficient (Wildman–Crippen LogP) is 7.92. The molecule has 0 bridgehead atoms. The molecule has 1 atom stereocenters. The lowest BCUT2D eigenvalue weighted by Gasteiger charge is -2.27. The molecule has 0 saturated carbocycles. The minimum Gasteiger partial charge on any atom is -0.308 e. The third kappa shape index (κ3) is 4.87. The summed E-state index contributed by atoms with van der Waals surface area (Å²) in [6, 6.07) is 10.7. The lowest BCUT2D eigenvalue weighted by atomic mass is 10.0. The van der Waals surface area contributed by atoms with E-state index >= 15 is 0 Å². The van der Waals surface area contributed by atoms with Gasteiger partial charge in [0.2, 0.25) is 0 Å². The minimum atomic E-state index is -4.83. The van der Waals surface area contributed by atoms with Crippen molar-refractivity contribution in [3.05, 3.63) is 69.8 Å². The van der Waals surface area contributed by atoms with Crippen LogP contribution in [0.3, 0.4) is 0 Å². The lowest BCUT2D eigenvalue weighted by Crippen LogP contribution is -2.13. The Morgan fingerprint density at radius 3 is 2.26 bits per heavy atom. The fraction of sp³-hybridized carbons (Fsp3) is 0.364. The first-order valence-electron chi connectivity index (χ1n) is 9.83. The van der Waals surface area contributed by atoms with Gasteiger partial charge >= 0.3 is 13.8 Å². The molecule has 3 aromatic rings. The summed E-state index contributed by atoms with van der Waals surface area (Å²) in [5.74, 6) is -1.36. The molecule has 0 spiro atoms. The van der Waals surface area contributed by atoms with Crippen molar-refractivity contribution in [1.29, 1.82) is 0 Å². The van der Waals surface area contributed by atoms with Crippen LogP contribution in [0.4, 0.5) is 17.6 Å². The highest BCUT2D eigenvalue weighted by molar-refractivity contribution is 7.54. The Balaban J connectivity index is 2.18. The van der Waals surface area contributed by atoms with Gasteiger partial charge in [0.05, 0.1) is 18.8 Å². The molecule has 0 radical (unpaired) electrons. The fourth-order valence-electron chi connectivity index (χ4n) is 3.60. The van der Waals surface area contributed by atoms with Gasteiger partial charge in [0.1, 0.15) is 11.5 Å². The van der Waals surface area contributed by atoms with E-state index in [0.717, 1.165) is 21.7 Å². The van der Waals surface area contributed by atoms with Crippen LogP contribution in [0.1, 0.15) is 41.1 Å². The van der Waals surface area contributed by atoms with Crippen molar-refractivity contribution in [2.45, 2.75) is 39.0 Å². The van der Waals surface area contributed by atoms with Gasteiger partial charge in [0, 0.05) is 9.58 Å². The van der Waals surface area contributed by atoms with Gasteiger partial charge in [-0.25, -0.2) is 4.39 Å². The van der Waals surface area contributed by atoms with Crippen molar-refractivity contribution in [1.82, 2.24) is 0 Å². The van der Waals surface area contributed by atoms with Crippen molar-refractivity contribution in [2.75, 3.05) is 13.2 Å². The number of thiophene rings is 1. The van der Waals surface area contributed by atoms with Crippen molar-refractivity contribution < 1.29 is 31.2 Å². The number of hydrogen-bond donors (Lipinski definition) is 0. The van der Waals surface area contributed by atoms with Crippen molar-refractivity contribution in [3.8, 4) is 0 Å². The molecular formula is C22H23F4O3PS. The van der Waals surface area contributed by atoms with Crippen LogP contribution in [0.25, 0.3) is 10.1 Å². The highest BCUT2D eigenvalue weighted by Gasteiger charge is 2.41. The second-order valence-electron chi connectivity index (χ2n) is 6.96. The molecule has 0 N–H and O–H groups in total. The van der Waals surface area contributed by atoms with Crippen LogP contribution < -0.4 is 0 Å². The van der Waals surface area contributed by atoms with E-state index in [9.17, 15) is 22.1 Å². The molecule has 3 rings (SSSR count). The van der Waals surface area contributed by atoms with Crippen LogP contribution in [0.15, 0.2) is 42.5 Å². The molecule has 0 fully saturated rings. The van der Waals surface area contributed by atoms with Gasteiger partial charge in [0.15, 0.2) is 0 Å². The van der Waals surface area contributed by atoms with E-state index in [-0.39, 0.29) is 25.2 Å². The monoisotopic (exact) mass is 474 g/mol. The summed E-state index contributed by atoms with van der Waals surface area (Å²) in [5.41, 5.74) is -1.64. The highest BCUT2D eigenvalue weighted by Crippen LogP contribution is 2.64. The normalized spacial score (nSPS) is 13.6. The van der Waals surface area contributed by atoms with E-state index in [0.29, 0.717) is 10.9 Å². The third-order valence-electron chi connectivity index (χ3n) is 4.98. The van der Waals surface area contributed by atoms with E-state index in [4.69, 9.17) is 9.05 Å². The molecule has 0 aliphatic heterocycles. The van der Waals surface area contributed by atoms with Crippen LogP contribution in [-0.2, 0) is 26.2 Å². The maximum Gasteiger partial charge on any atom is 0.419 e. The Hall–Kier alpha value is -1.73. The molecule has 0 saturated heterocycles. The van der Waals surface area contributed by atoms with Crippen LogP contribution in [0, 0.1) is 12.7 Å². The first-order chi connectivity index (χ1) is 14.6. The van der Waals surface area contributed by atoms with Gasteiger partial charge in [0.25, 0.3) is 0 Å². The van der Waals surface area contributed by atoms with E-state index in [2.05, 4.69) is 0 Å². The number of fused-ring (bicyclic) bond motifs is 1. The first-order valence-corrected chi connectivity index (χ1v) is 12.3. The van der Waals surface area contributed by atoms with Gasteiger partial charge < -0.3 is 9.05 Å².